The quantitative estimate of drug-likeness (QED) is 0.697. The molecular formula is C15H10Cl2F2O. The first-order valence-electron chi connectivity index (χ1n) is 6.16. The summed E-state index contributed by atoms with van der Waals surface area (Å²) >= 11 is 12.1. The number of hydrogen-bond donors (Lipinski definition) is 0. The maximum Gasteiger partial charge on any atom is 0.130 e. The van der Waals surface area contributed by atoms with Crippen molar-refractivity contribution in [3.63, 3.8) is 0 Å². The molecule has 20 heavy (non-hydrogen) atoms. The van der Waals surface area contributed by atoms with Gasteiger partial charge in [0.1, 0.15) is 17.4 Å². The van der Waals surface area contributed by atoms with E-state index in [4.69, 9.17) is 27.9 Å². The molecule has 1 heterocycles. The van der Waals surface area contributed by atoms with Crippen LogP contribution in [0.3, 0.4) is 0 Å². The summed E-state index contributed by atoms with van der Waals surface area (Å²) in [5, 5.41) is 0.272. The molecule has 0 N–H and O–H groups in total. The molecule has 0 amide bonds. The van der Waals surface area contributed by atoms with Crippen LogP contribution in [-0.2, 0) is 6.42 Å². The lowest BCUT2D eigenvalue weighted by Gasteiger charge is -2.21. The van der Waals surface area contributed by atoms with Crippen LogP contribution >= 0.6 is 23.2 Å². The van der Waals surface area contributed by atoms with E-state index in [9.17, 15) is 8.78 Å². The molecule has 0 saturated heterocycles. The second-order valence-electron chi connectivity index (χ2n) is 4.64. The van der Waals surface area contributed by atoms with Crippen molar-refractivity contribution in [1.29, 1.82) is 0 Å². The molecule has 1 aliphatic rings. The SMILES string of the molecule is Fc1cc(Cl)c(-c2cc(F)cc3c2OCCC3)c(Cl)c1. The number of rotatable bonds is 1. The van der Waals surface area contributed by atoms with Gasteiger partial charge in [-0.05, 0) is 42.7 Å². The van der Waals surface area contributed by atoms with Gasteiger partial charge in [-0.3, -0.25) is 0 Å². The molecule has 2 aromatic carbocycles. The van der Waals surface area contributed by atoms with Crippen LogP contribution < -0.4 is 4.74 Å². The summed E-state index contributed by atoms with van der Waals surface area (Å²) in [6, 6.07) is 5.07. The maximum atomic E-state index is 13.8. The monoisotopic (exact) mass is 314 g/mol. The van der Waals surface area contributed by atoms with Crippen molar-refractivity contribution < 1.29 is 13.5 Å². The highest BCUT2D eigenvalue weighted by molar-refractivity contribution is 6.39. The van der Waals surface area contributed by atoms with E-state index in [1.54, 1.807) is 0 Å². The summed E-state index contributed by atoms with van der Waals surface area (Å²) in [7, 11) is 0. The summed E-state index contributed by atoms with van der Waals surface area (Å²) in [6.45, 7) is 0.558. The molecule has 1 aliphatic heterocycles. The molecule has 0 bridgehead atoms. The van der Waals surface area contributed by atoms with Crippen LogP contribution in [0.1, 0.15) is 12.0 Å². The first-order chi connectivity index (χ1) is 9.56. The highest BCUT2D eigenvalue weighted by Gasteiger charge is 2.21. The number of ether oxygens (including phenoxy) is 1. The maximum absolute atomic E-state index is 13.8. The average Bonchev–Trinajstić information content (AvgIpc) is 2.37. The van der Waals surface area contributed by atoms with Gasteiger partial charge in [-0.25, -0.2) is 8.78 Å². The second-order valence-corrected chi connectivity index (χ2v) is 5.45. The Labute approximate surface area is 125 Å². The Morgan fingerprint density at radius 2 is 1.60 bits per heavy atom. The molecule has 0 radical (unpaired) electrons. The fourth-order valence-electron chi connectivity index (χ4n) is 2.43. The molecule has 104 valence electrons. The molecule has 0 spiro atoms. The molecule has 1 nitrogen and oxygen atoms in total. The van der Waals surface area contributed by atoms with Gasteiger partial charge in [0, 0.05) is 11.1 Å². The number of halogens is 4. The van der Waals surface area contributed by atoms with Crippen molar-refractivity contribution in [1.82, 2.24) is 0 Å². The van der Waals surface area contributed by atoms with E-state index in [-0.39, 0.29) is 15.9 Å². The van der Waals surface area contributed by atoms with Crippen LogP contribution in [0, 0.1) is 11.6 Å². The zero-order chi connectivity index (χ0) is 14.3. The fourth-order valence-corrected chi connectivity index (χ4v) is 3.09. The van der Waals surface area contributed by atoms with Gasteiger partial charge in [0.05, 0.1) is 16.7 Å². The van der Waals surface area contributed by atoms with Gasteiger partial charge >= 0.3 is 0 Å². The Kier molecular flexibility index (Phi) is 3.57. The van der Waals surface area contributed by atoms with Crippen LogP contribution in [0.25, 0.3) is 11.1 Å². The van der Waals surface area contributed by atoms with Crippen molar-refractivity contribution in [3.05, 3.63) is 51.5 Å². The molecule has 0 aliphatic carbocycles. The molecule has 0 aromatic heterocycles. The third kappa shape index (κ3) is 2.36. The fraction of sp³-hybridized carbons (Fsp3) is 0.200. The Bertz CT molecular complexity index is 663. The van der Waals surface area contributed by atoms with Crippen LogP contribution in [0.5, 0.6) is 5.75 Å². The predicted octanol–water partition coefficient (Wildman–Crippen LogP) is 5.26. The van der Waals surface area contributed by atoms with Crippen LogP contribution in [0.2, 0.25) is 10.0 Å². The second kappa shape index (κ2) is 5.23. The summed E-state index contributed by atoms with van der Waals surface area (Å²) in [6.07, 6.45) is 1.57. The van der Waals surface area contributed by atoms with Crippen LogP contribution in [-0.4, -0.2) is 6.61 Å². The zero-order valence-electron chi connectivity index (χ0n) is 10.4. The highest BCUT2D eigenvalue weighted by atomic mass is 35.5. The molecular weight excluding hydrogens is 305 g/mol. The third-order valence-electron chi connectivity index (χ3n) is 3.24. The third-order valence-corrected chi connectivity index (χ3v) is 3.84. The molecule has 0 unspecified atom stereocenters. The molecule has 0 atom stereocenters. The lowest BCUT2D eigenvalue weighted by molar-refractivity contribution is 0.289. The normalized spacial score (nSPS) is 13.8. The number of benzene rings is 2. The van der Waals surface area contributed by atoms with E-state index in [1.165, 1.54) is 12.1 Å². The minimum absolute atomic E-state index is 0.136. The van der Waals surface area contributed by atoms with Crippen LogP contribution in [0.4, 0.5) is 8.78 Å². The predicted molar refractivity (Wildman–Crippen MR) is 75.6 cm³/mol. The lowest BCUT2D eigenvalue weighted by Crippen LogP contribution is -2.10. The number of fused-ring (bicyclic) bond motifs is 1. The van der Waals surface area contributed by atoms with E-state index in [2.05, 4.69) is 0 Å². The van der Waals surface area contributed by atoms with E-state index < -0.39 is 5.82 Å². The summed E-state index contributed by atoms with van der Waals surface area (Å²) in [5.74, 6) is -0.344. The summed E-state index contributed by atoms with van der Waals surface area (Å²) < 4.78 is 32.7. The first kappa shape index (κ1) is 13.7. The van der Waals surface area contributed by atoms with Gasteiger partial charge in [-0.2, -0.15) is 0 Å². The minimum Gasteiger partial charge on any atom is -0.493 e. The average molecular weight is 315 g/mol. The van der Waals surface area contributed by atoms with Crippen LogP contribution in [0.15, 0.2) is 24.3 Å². The molecule has 2 aromatic rings. The van der Waals surface area contributed by atoms with Gasteiger partial charge < -0.3 is 4.74 Å². The van der Waals surface area contributed by atoms with Gasteiger partial charge in [0.2, 0.25) is 0 Å². The van der Waals surface area contributed by atoms with E-state index >= 15 is 0 Å². The van der Waals surface area contributed by atoms with Gasteiger partial charge in [-0.1, -0.05) is 23.2 Å². The van der Waals surface area contributed by atoms with E-state index in [1.807, 2.05) is 0 Å². The van der Waals surface area contributed by atoms with E-state index in [0.29, 0.717) is 23.5 Å². The van der Waals surface area contributed by atoms with Gasteiger partial charge in [0.15, 0.2) is 0 Å². The van der Waals surface area contributed by atoms with Crippen molar-refractivity contribution in [3.8, 4) is 16.9 Å². The lowest BCUT2D eigenvalue weighted by atomic mass is 9.97. The molecule has 5 heteroatoms. The van der Waals surface area contributed by atoms with Gasteiger partial charge in [-0.15, -0.1) is 0 Å². The molecule has 0 fully saturated rings. The number of aryl methyl sites for hydroxylation is 1. The molecule has 0 saturated carbocycles. The Morgan fingerprint density at radius 3 is 2.30 bits per heavy atom. The smallest absolute Gasteiger partial charge is 0.130 e. The zero-order valence-corrected chi connectivity index (χ0v) is 11.9. The summed E-state index contributed by atoms with van der Waals surface area (Å²) in [5.41, 5.74) is 1.64. The minimum atomic E-state index is -0.532. The number of hydrogen-bond acceptors (Lipinski definition) is 1. The summed E-state index contributed by atoms with van der Waals surface area (Å²) in [4.78, 5) is 0. The molecule has 3 rings (SSSR count). The topological polar surface area (TPSA) is 9.23 Å². The highest BCUT2D eigenvalue weighted by Crippen LogP contribution is 2.43. The van der Waals surface area contributed by atoms with Crippen molar-refractivity contribution >= 4 is 23.2 Å². The Morgan fingerprint density at radius 1 is 0.950 bits per heavy atom. The largest absolute Gasteiger partial charge is 0.493 e. The van der Waals surface area contributed by atoms with E-state index in [0.717, 1.165) is 30.5 Å². The van der Waals surface area contributed by atoms with Crippen molar-refractivity contribution in [2.75, 3.05) is 6.61 Å². The standard InChI is InChI=1S/C15H10Cl2F2O/c16-12-6-10(19)7-13(17)14(12)11-5-9(18)4-8-2-1-3-20-15(8)11/h4-7H,1-3H2. The van der Waals surface area contributed by atoms with Crippen molar-refractivity contribution in [2.24, 2.45) is 0 Å². The Balaban J connectivity index is 2.27. The Hall–Kier alpha value is -1.32. The first-order valence-corrected chi connectivity index (χ1v) is 6.92. The van der Waals surface area contributed by atoms with Crippen molar-refractivity contribution in [2.45, 2.75) is 12.8 Å². The van der Waals surface area contributed by atoms with Gasteiger partial charge in [0.25, 0.3) is 0 Å².